The Hall–Kier alpha value is -1.52. The highest BCUT2D eigenvalue weighted by atomic mass is 16.5. The van der Waals surface area contributed by atoms with Crippen LogP contribution in [0.15, 0.2) is 28.9 Å². The normalized spacial score (nSPS) is 20.8. The minimum absolute atomic E-state index is 0.131. The molecule has 0 spiro atoms. The van der Waals surface area contributed by atoms with Crippen LogP contribution in [0.3, 0.4) is 0 Å². The van der Waals surface area contributed by atoms with Gasteiger partial charge in [-0.15, -0.1) is 0 Å². The zero-order valence-corrected chi connectivity index (χ0v) is 10.4. The molecular formula is C14H17NO3. The summed E-state index contributed by atoms with van der Waals surface area (Å²) in [5.74, 6) is 0.769. The maximum absolute atomic E-state index is 5.90. The van der Waals surface area contributed by atoms with E-state index in [1.807, 2.05) is 12.1 Å². The average molecular weight is 247 g/mol. The quantitative estimate of drug-likeness (QED) is 0.885. The second-order valence-corrected chi connectivity index (χ2v) is 4.42. The summed E-state index contributed by atoms with van der Waals surface area (Å²) in [7, 11) is 1.66. The smallest absolute Gasteiger partial charge is 0.176 e. The number of nitrogens with one attached hydrogen (secondary N) is 1. The van der Waals surface area contributed by atoms with E-state index in [2.05, 4.69) is 11.4 Å². The lowest BCUT2D eigenvalue weighted by Gasteiger charge is -2.16. The molecule has 1 aliphatic heterocycles. The number of methoxy groups -OCH3 is 1. The summed E-state index contributed by atoms with van der Waals surface area (Å²) in [4.78, 5) is 0. The molecule has 1 unspecified atom stereocenters. The Morgan fingerprint density at radius 3 is 3.11 bits per heavy atom. The van der Waals surface area contributed by atoms with Gasteiger partial charge in [-0.2, -0.15) is 0 Å². The highest BCUT2D eigenvalue weighted by molar-refractivity contribution is 5.86. The predicted octanol–water partition coefficient (Wildman–Crippen LogP) is 2.49. The molecule has 0 aliphatic carbocycles. The van der Waals surface area contributed by atoms with Crippen molar-refractivity contribution in [3.63, 3.8) is 0 Å². The fourth-order valence-electron chi connectivity index (χ4n) is 2.46. The fourth-order valence-corrected chi connectivity index (χ4v) is 2.46. The first-order chi connectivity index (χ1) is 8.90. The van der Waals surface area contributed by atoms with E-state index in [1.54, 1.807) is 13.4 Å². The van der Waals surface area contributed by atoms with Crippen LogP contribution in [0.4, 0.5) is 0 Å². The highest BCUT2D eigenvalue weighted by Crippen LogP contribution is 2.35. The first-order valence-electron chi connectivity index (χ1n) is 6.26. The molecule has 1 aliphatic rings. The third-order valence-electron chi connectivity index (χ3n) is 3.36. The molecule has 2 aromatic rings. The monoisotopic (exact) mass is 247 g/mol. The molecule has 0 amide bonds. The van der Waals surface area contributed by atoms with Gasteiger partial charge in [0.2, 0.25) is 0 Å². The first kappa shape index (κ1) is 11.6. The maximum Gasteiger partial charge on any atom is 0.176 e. The van der Waals surface area contributed by atoms with E-state index in [0.29, 0.717) is 0 Å². The number of benzene rings is 1. The Labute approximate surface area is 106 Å². The molecule has 96 valence electrons. The molecule has 4 nitrogen and oxygen atoms in total. The molecule has 1 N–H and O–H groups in total. The molecule has 1 aromatic heterocycles. The van der Waals surface area contributed by atoms with E-state index in [0.717, 1.165) is 42.8 Å². The molecule has 3 rings (SSSR count). The summed E-state index contributed by atoms with van der Waals surface area (Å²) in [6.07, 6.45) is 2.81. The lowest BCUT2D eigenvalue weighted by molar-refractivity contribution is 0.0654. The summed E-state index contributed by atoms with van der Waals surface area (Å²) in [6.45, 7) is 2.65. The van der Waals surface area contributed by atoms with Crippen LogP contribution in [0.1, 0.15) is 18.1 Å². The van der Waals surface area contributed by atoms with E-state index >= 15 is 0 Å². The van der Waals surface area contributed by atoms with Gasteiger partial charge < -0.3 is 19.2 Å². The van der Waals surface area contributed by atoms with Crippen molar-refractivity contribution in [2.45, 2.75) is 12.5 Å². The van der Waals surface area contributed by atoms with E-state index in [9.17, 15) is 0 Å². The number of hydrogen-bond acceptors (Lipinski definition) is 4. The van der Waals surface area contributed by atoms with Crippen molar-refractivity contribution in [2.75, 3.05) is 26.8 Å². The molecule has 1 atom stereocenters. The summed E-state index contributed by atoms with van der Waals surface area (Å²) in [5.41, 5.74) is 1.99. The zero-order valence-electron chi connectivity index (χ0n) is 10.4. The Morgan fingerprint density at radius 1 is 1.28 bits per heavy atom. The van der Waals surface area contributed by atoms with Gasteiger partial charge in [0.05, 0.1) is 26.1 Å². The minimum atomic E-state index is 0.131. The summed E-state index contributed by atoms with van der Waals surface area (Å²) < 4.78 is 16.7. The van der Waals surface area contributed by atoms with Gasteiger partial charge >= 0.3 is 0 Å². The molecular weight excluding hydrogens is 230 g/mol. The first-order valence-corrected chi connectivity index (χ1v) is 6.26. The van der Waals surface area contributed by atoms with Crippen molar-refractivity contribution in [2.24, 2.45) is 0 Å². The molecule has 1 saturated heterocycles. The van der Waals surface area contributed by atoms with Gasteiger partial charge in [0.1, 0.15) is 0 Å². The van der Waals surface area contributed by atoms with Crippen LogP contribution < -0.4 is 10.1 Å². The third kappa shape index (κ3) is 1.98. The molecule has 18 heavy (non-hydrogen) atoms. The van der Waals surface area contributed by atoms with Crippen LogP contribution in [-0.2, 0) is 4.74 Å². The number of hydrogen-bond donors (Lipinski definition) is 1. The number of ether oxygens (including phenoxy) is 2. The molecule has 2 heterocycles. The van der Waals surface area contributed by atoms with Crippen LogP contribution in [0, 0.1) is 0 Å². The highest BCUT2D eigenvalue weighted by Gasteiger charge is 2.19. The molecule has 0 bridgehead atoms. The van der Waals surface area contributed by atoms with E-state index in [-0.39, 0.29) is 6.10 Å². The third-order valence-corrected chi connectivity index (χ3v) is 3.36. The molecule has 1 aromatic carbocycles. The molecule has 0 saturated carbocycles. The summed E-state index contributed by atoms with van der Waals surface area (Å²) >= 11 is 0. The van der Waals surface area contributed by atoms with E-state index < -0.39 is 0 Å². The van der Waals surface area contributed by atoms with Gasteiger partial charge in [-0.25, -0.2) is 0 Å². The number of furan rings is 1. The van der Waals surface area contributed by atoms with Crippen LogP contribution >= 0.6 is 0 Å². The van der Waals surface area contributed by atoms with Crippen LogP contribution in [-0.4, -0.2) is 26.8 Å². The summed E-state index contributed by atoms with van der Waals surface area (Å²) in [5, 5.41) is 4.42. The van der Waals surface area contributed by atoms with Gasteiger partial charge in [-0.3, -0.25) is 0 Å². The Balaban J connectivity index is 2.03. The summed E-state index contributed by atoms with van der Waals surface area (Å²) in [6, 6.07) is 6.00. The number of fused-ring (bicyclic) bond motifs is 1. The van der Waals surface area contributed by atoms with E-state index in [1.165, 1.54) is 5.56 Å². The van der Waals surface area contributed by atoms with Gasteiger partial charge in [-0.05, 0) is 30.7 Å². The Bertz CT molecular complexity index is 527. The van der Waals surface area contributed by atoms with Crippen molar-refractivity contribution in [1.29, 1.82) is 0 Å². The molecule has 0 radical (unpaired) electrons. The molecule has 1 fully saturated rings. The second-order valence-electron chi connectivity index (χ2n) is 4.42. The Kier molecular flexibility index (Phi) is 3.21. The topological polar surface area (TPSA) is 43.6 Å². The van der Waals surface area contributed by atoms with Crippen molar-refractivity contribution < 1.29 is 13.9 Å². The van der Waals surface area contributed by atoms with Crippen LogP contribution in [0.2, 0.25) is 0 Å². The van der Waals surface area contributed by atoms with Gasteiger partial charge in [-0.1, -0.05) is 6.07 Å². The second kappa shape index (κ2) is 5.00. The van der Waals surface area contributed by atoms with Gasteiger partial charge in [0, 0.05) is 11.9 Å². The predicted molar refractivity (Wildman–Crippen MR) is 68.9 cm³/mol. The van der Waals surface area contributed by atoms with Crippen LogP contribution in [0.5, 0.6) is 5.75 Å². The standard InChI is InChI=1S/C14H17NO3/c1-16-13-3-2-10(11-5-8-18-14(11)13)12-4-6-15-7-9-17-12/h2-3,5,8,12,15H,4,6-7,9H2,1H3. The van der Waals surface area contributed by atoms with Crippen molar-refractivity contribution in [1.82, 2.24) is 5.32 Å². The Morgan fingerprint density at radius 2 is 2.22 bits per heavy atom. The number of rotatable bonds is 2. The molecule has 4 heteroatoms. The zero-order chi connectivity index (χ0) is 12.4. The lowest BCUT2D eigenvalue weighted by atomic mass is 10.0. The van der Waals surface area contributed by atoms with Crippen molar-refractivity contribution in [3.8, 4) is 5.75 Å². The van der Waals surface area contributed by atoms with Gasteiger partial charge in [0.15, 0.2) is 11.3 Å². The average Bonchev–Trinajstić information content (AvgIpc) is 2.73. The van der Waals surface area contributed by atoms with Crippen molar-refractivity contribution >= 4 is 11.0 Å². The van der Waals surface area contributed by atoms with Crippen LogP contribution in [0.25, 0.3) is 11.0 Å². The van der Waals surface area contributed by atoms with E-state index in [4.69, 9.17) is 13.9 Å². The maximum atomic E-state index is 5.90. The fraction of sp³-hybridized carbons (Fsp3) is 0.429. The van der Waals surface area contributed by atoms with Gasteiger partial charge in [0.25, 0.3) is 0 Å². The lowest BCUT2D eigenvalue weighted by Crippen LogP contribution is -2.16. The van der Waals surface area contributed by atoms with Crippen molar-refractivity contribution in [3.05, 3.63) is 30.0 Å². The minimum Gasteiger partial charge on any atom is -0.493 e. The SMILES string of the molecule is COc1ccc(C2CCNCCO2)c2ccoc12. The largest absolute Gasteiger partial charge is 0.493 e.